The van der Waals surface area contributed by atoms with Gasteiger partial charge >= 0.3 is 6.09 Å². The first-order chi connectivity index (χ1) is 6.33. The van der Waals surface area contributed by atoms with Gasteiger partial charge < -0.3 is 14.2 Å². The topological polar surface area (TPSA) is 96.8 Å². The highest BCUT2D eigenvalue weighted by Crippen LogP contribution is 2.07. The van der Waals surface area contributed by atoms with E-state index in [2.05, 4.69) is 14.8 Å². The van der Waals surface area contributed by atoms with Crippen LogP contribution < -0.4 is 0 Å². The highest BCUT2D eigenvalue weighted by molar-refractivity contribution is 5.67. The number of hydrogen-bond acceptors (Lipinski definition) is 4. The molecule has 0 aliphatic carbocycles. The summed E-state index contributed by atoms with van der Waals surface area (Å²) in [5.41, 5.74) is 7.83. The lowest BCUT2D eigenvalue weighted by molar-refractivity contribution is 0.0684. The van der Waals surface area contributed by atoms with E-state index in [0.29, 0.717) is 6.61 Å². The standard InChI is InChI=1S/C6H9N3O4/c7-9-8-6(10)12-2-1-11-3-5-4-13-5/h5H,1-4H2. The summed E-state index contributed by atoms with van der Waals surface area (Å²) >= 11 is 0. The summed E-state index contributed by atoms with van der Waals surface area (Å²) in [6.07, 6.45) is -0.735. The van der Waals surface area contributed by atoms with Crippen LogP contribution in [0, 0.1) is 0 Å². The van der Waals surface area contributed by atoms with Gasteiger partial charge in [0.2, 0.25) is 0 Å². The minimum Gasteiger partial charge on any atom is -0.458 e. The van der Waals surface area contributed by atoms with E-state index < -0.39 is 6.09 Å². The molecule has 0 N–H and O–H groups in total. The smallest absolute Gasteiger partial charge is 0.396 e. The average molecular weight is 187 g/mol. The Morgan fingerprint density at radius 1 is 1.69 bits per heavy atom. The van der Waals surface area contributed by atoms with Gasteiger partial charge in [-0.3, -0.25) is 0 Å². The number of ether oxygens (including phenoxy) is 3. The van der Waals surface area contributed by atoms with Gasteiger partial charge in [0, 0.05) is 10.0 Å². The van der Waals surface area contributed by atoms with Crippen molar-refractivity contribution in [1.29, 1.82) is 0 Å². The Bertz CT molecular complexity index is 222. The monoisotopic (exact) mass is 187 g/mol. The SMILES string of the molecule is [N-]=[N+]=NC(=O)OCCOCC1CO1. The zero-order valence-corrected chi connectivity index (χ0v) is 6.88. The predicted octanol–water partition coefficient (Wildman–Crippen LogP) is 0.849. The number of epoxide rings is 1. The van der Waals surface area contributed by atoms with Crippen LogP contribution in [0.1, 0.15) is 0 Å². The molecule has 1 amide bonds. The molecule has 1 aliphatic heterocycles. The lowest BCUT2D eigenvalue weighted by Gasteiger charge is -2.01. The summed E-state index contributed by atoms with van der Waals surface area (Å²) in [5.74, 6) is 0. The van der Waals surface area contributed by atoms with Crippen molar-refractivity contribution in [1.82, 2.24) is 0 Å². The number of rotatable bonds is 5. The first kappa shape index (κ1) is 9.79. The van der Waals surface area contributed by atoms with E-state index in [1.54, 1.807) is 0 Å². The second-order valence-corrected chi connectivity index (χ2v) is 2.33. The van der Waals surface area contributed by atoms with Crippen LogP contribution in [0.25, 0.3) is 10.4 Å². The first-order valence-electron chi connectivity index (χ1n) is 3.74. The molecule has 1 saturated heterocycles. The van der Waals surface area contributed by atoms with Gasteiger partial charge in [-0.25, -0.2) is 4.79 Å². The molecule has 1 fully saturated rings. The van der Waals surface area contributed by atoms with Gasteiger partial charge in [-0.05, 0) is 5.53 Å². The van der Waals surface area contributed by atoms with Crippen molar-refractivity contribution in [2.75, 3.05) is 26.4 Å². The summed E-state index contributed by atoms with van der Waals surface area (Å²) in [5, 5.41) is 2.71. The van der Waals surface area contributed by atoms with Gasteiger partial charge in [0.15, 0.2) is 0 Å². The minimum absolute atomic E-state index is 0.0879. The fraction of sp³-hybridized carbons (Fsp3) is 0.833. The molecule has 1 rings (SSSR count). The van der Waals surface area contributed by atoms with E-state index in [9.17, 15) is 4.79 Å². The van der Waals surface area contributed by atoms with Gasteiger partial charge in [0.05, 0.1) is 19.8 Å². The maximum absolute atomic E-state index is 10.4. The molecule has 0 radical (unpaired) electrons. The molecule has 0 aromatic carbocycles. The molecule has 1 aliphatic rings. The molecule has 0 saturated carbocycles. The van der Waals surface area contributed by atoms with Crippen molar-refractivity contribution in [3.63, 3.8) is 0 Å². The molecule has 7 nitrogen and oxygen atoms in total. The van der Waals surface area contributed by atoms with Crippen molar-refractivity contribution in [2.45, 2.75) is 6.10 Å². The minimum atomic E-state index is -0.936. The number of hydrogen-bond donors (Lipinski definition) is 0. The number of amides is 1. The van der Waals surface area contributed by atoms with Gasteiger partial charge in [0.25, 0.3) is 0 Å². The van der Waals surface area contributed by atoms with E-state index in [4.69, 9.17) is 15.0 Å². The van der Waals surface area contributed by atoms with Gasteiger partial charge in [-0.2, -0.15) is 0 Å². The third-order valence-corrected chi connectivity index (χ3v) is 1.29. The van der Waals surface area contributed by atoms with Crippen LogP contribution in [0.5, 0.6) is 0 Å². The van der Waals surface area contributed by atoms with E-state index in [1.807, 2.05) is 0 Å². The number of nitrogens with zero attached hydrogens (tertiary/aromatic N) is 3. The predicted molar refractivity (Wildman–Crippen MR) is 41.1 cm³/mol. The van der Waals surface area contributed by atoms with Crippen molar-refractivity contribution < 1.29 is 19.0 Å². The Labute approximate surface area is 74.2 Å². The van der Waals surface area contributed by atoms with Crippen molar-refractivity contribution in [3.8, 4) is 0 Å². The summed E-state index contributed by atoms with van der Waals surface area (Å²) in [6.45, 7) is 1.62. The van der Waals surface area contributed by atoms with E-state index in [0.717, 1.165) is 6.61 Å². The molecular weight excluding hydrogens is 178 g/mol. The van der Waals surface area contributed by atoms with Gasteiger partial charge in [0.1, 0.15) is 12.7 Å². The van der Waals surface area contributed by atoms with Crippen LogP contribution >= 0.6 is 0 Å². The molecule has 0 spiro atoms. The molecule has 1 heterocycles. The third-order valence-electron chi connectivity index (χ3n) is 1.29. The Balaban J connectivity index is 1.87. The molecule has 1 unspecified atom stereocenters. The van der Waals surface area contributed by atoms with E-state index in [-0.39, 0.29) is 19.3 Å². The lowest BCUT2D eigenvalue weighted by Crippen LogP contribution is -2.10. The maximum Gasteiger partial charge on any atom is 0.396 e. The molecule has 72 valence electrons. The van der Waals surface area contributed by atoms with Crippen LogP contribution in [0.4, 0.5) is 4.79 Å². The number of carbonyl (C=O) groups excluding carboxylic acids is 1. The molecule has 7 heteroatoms. The Morgan fingerprint density at radius 2 is 2.46 bits per heavy atom. The molecule has 0 aromatic rings. The maximum atomic E-state index is 10.4. The van der Waals surface area contributed by atoms with Gasteiger partial charge in [-0.15, -0.1) is 0 Å². The van der Waals surface area contributed by atoms with Crippen molar-refractivity contribution >= 4 is 6.09 Å². The van der Waals surface area contributed by atoms with E-state index >= 15 is 0 Å². The number of carbonyl (C=O) groups is 1. The van der Waals surface area contributed by atoms with Crippen LogP contribution in [0.2, 0.25) is 0 Å². The zero-order chi connectivity index (χ0) is 9.52. The van der Waals surface area contributed by atoms with Crippen LogP contribution in [0.15, 0.2) is 5.11 Å². The molecule has 1 atom stereocenters. The van der Waals surface area contributed by atoms with Crippen LogP contribution in [-0.4, -0.2) is 38.6 Å². The van der Waals surface area contributed by atoms with Crippen LogP contribution in [0.3, 0.4) is 0 Å². The quantitative estimate of drug-likeness (QED) is 0.209. The summed E-state index contributed by atoms with van der Waals surface area (Å²) in [4.78, 5) is 12.7. The van der Waals surface area contributed by atoms with E-state index in [1.165, 1.54) is 0 Å². The average Bonchev–Trinajstić information content (AvgIpc) is 2.88. The third kappa shape index (κ3) is 5.02. The zero-order valence-electron chi connectivity index (χ0n) is 6.88. The molecule has 13 heavy (non-hydrogen) atoms. The van der Waals surface area contributed by atoms with Gasteiger partial charge in [-0.1, -0.05) is 0 Å². The Kier molecular flexibility index (Phi) is 4.04. The lowest BCUT2D eigenvalue weighted by atomic mass is 10.5. The van der Waals surface area contributed by atoms with Crippen LogP contribution in [-0.2, 0) is 14.2 Å². The largest absolute Gasteiger partial charge is 0.458 e. The fourth-order valence-corrected chi connectivity index (χ4v) is 0.632. The highest BCUT2D eigenvalue weighted by Gasteiger charge is 2.21. The Morgan fingerprint density at radius 3 is 3.08 bits per heavy atom. The molecule has 0 bridgehead atoms. The second-order valence-electron chi connectivity index (χ2n) is 2.33. The number of azide groups is 1. The second kappa shape index (κ2) is 5.36. The normalized spacial score (nSPS) is 18.9. The van der Waals surface area contributed by atoms with Crippen molar-refractivity contribution in [3.05, 3.63) is 10.4 Å². The summed E-state index contributed by atoms with van der Waals surface area (Å²) in [7, 11) is 0. The van der Waals surface area contributed by atoms with Crippen molar-refractivity contribution in [2.24, 2.45) is 5.11 Å². The Hall–Kier alpha value is -1.30. The molecule has 0 aromatic heterocycles. The summed E-state index contributed by atoms with van der Waals surface area (Å²) in [6, 6.07) is 0. The fourth-order valence-electron chi connectivity index (χ4n) is 0.632. The highest BCUT2D eigenvalue weighted by atomic mass is 16.6. The summed E-state index contributed by atoms with van der Waals surface area (Å²) < 4.78 is 14.4. The first-order valence-corrected chi connectivity index (χ1v) is 3.74. The molecular formula is C6H9N3O4.